The van der Waals surface area contributed by atoms with E-state index in [4.69, 9.17) is 25.7 Å². The summed E-state index contributed by atoms with van der Waals surface area (Å²) in [6, 6.07) is 0. The van der Waals surface area contributed by atoms with Gasteiger partial charge in [0.05, 0.1) is 55.4 Å². The van der Waals surface area contributed by atoms with Gasteiger partial charge in [0.15, 0.2) is 0 Å². The average Bonchev–Trinajstić information content (AvgIpc) is 3.41. The first-order valence-corrected chi connectivity index (χ1v) is 24.8. The fourth-order valence-electron chi connectivity index (χ4n) is 16.4. The predicted octanol–water partition coefficient (Wildman–Crippen LogP) is 1.81. The molecule has 5 heterocycles. The van der Waals surface area contributed by atoms with Gasteiger partial charge < -0.3 is 62.1 Å². The van der Waals surface area contributed by atoms with Crippen molar-refractivity contribution in [3.63, 3.8) is 0 Å². The molecule has 9 rings (SSSR count). The molecule has 62 heavy (non-hydrogen) atoms. The van der Waals surface area contributed by atoms with Gasteiger partial charge in [0.2, 0.25) is 0 Å². The Kier molecular flexibility index (Phi) is 13.7. The zero-order valence-corrected chi connectivity index (χ0v) is 37.5. The summed E-state index contributed by atoms with van der Waals surface area (Å²) < 4.78 is 21.8. The SMILES string of the molecule is CC=C(CCNC)C(=O)OC1CC2C(O)C3C(=O)CC(CO)OC3C3C2OC1(C)C1CC2CNC(N)CC2CCC1C1CCC2CCC(O)CC2C(CO)C3C2CCNC(N)C12. The smallest absolute Gasteiger partial charge is 0.334 e. The lowest BCUT2D eigenvalue weighted by Gasteiger charge is -2.64. The molecule has 23 unspecified atom stereocenters. The zero-order valence-electron chi connectivity index (χ0n) is 37.5. The quantitative estimate of drug-likeness (QED) is 0.131. The topological polar surface area (TPSA) is 231 Å². The number of hydrogen-bond acceptors (Lipinski definition) is 14. The van der Waals surface area contributed by atoms with Crippen LogP contribution in [0.25, 0.3) is 0 Å². The first-order chi connectivity index (χ1) is 29.9. The van der Waals surface area contributed by atoms with Crippen LogP contribution in [0.5, 0.6) is 0 Å². The third-order valence-corrected chi connectivity index (χ3v) is 19.2. The predicted molar refractivity (Wildman–Crippen MR) is 232 cm³/mol. The average molecular weight is 870 g/mol. The Labute approximate surface area is 368 Å². The molecule has 0 aromatic heterocycles. The Hall–Kier alpha value is -1.56. The van der Waals surface area contributed by atoms with Crippen molar-refractivity contribution in [2.75, 3.05) is 39.9 Å². The molecule has 14 nitrogen and oxygen atoms in total. The summed E-state index contributed by atoms with van der Waals surface area (Å²) in [5.41, 5.74) is 13.7. The normalized spacial score (nSPS) is 51.7. The molecular weight excluding hydrogens is 791 g/mol. The van der Waals surface area contributed by atoms with Crippen LogP contribution in [0.1, 0.15) is 97.3 Å². The lowest BCUT2D eigenvalue weighted by Crippen LogP contribution is -2.72. The van der Waals surface area contributed by atoms with Crippen molar-refractivity contribution < 1.29 is 44.2 Å². The van der Waals surface area contributed by atoms with E-state index in [1.807, 2.05) is 20.0 Å². The maximum absolute atomic E-state index is 14.5. The molecule has 4 aliphatic carbocycles. The van der Waals surface area contributed by atoms with Crippen molar-refractivity contribution >= 4 is 11.8 Å². The number of ether oxygens (including phenoxy) is 3. The number of ketones is 1. The summed E-state index contributed by atoms with van der Waals surface area (Å²) in [7, 11) is 1.87. The summed E-state index contributed by atoms with van der Waals surface area (Å²) in [6.45, 7) is 5.80. The van der Waals surface area contributed by atoms with Crippen LogP contribution in [0.4, 0.5) is 0 Å². The molecule has 9 aliphatic rings. The zero-order chi connectivity index (χ0) is 43.6. The molecule has 0 aromatic carbocycles. The Morgan fingerprint density at radius 3 is 2.40 bits per heavy atom. The molecule has 350 valence electrons. The van der Waals surface area contributed by atoms with Crippen LogP contribution in [0.2, 0.25) is 0 Å². The number of nitrogens with two attached hydrogens (primary N) is 2. The van der Waals surface area contributed by atoms with Crippen LogP contribution < -0.4 is 27.4 Å². The van der Waals surface area contributed by atoms with Crippen molar-refractivity contribution in [3.8, 4) is 0 Å². The van der Waals surface area contributed by atoms with Crippen LogP contribution >= 0.6 is 0 Å². The molecule has 0 aromatic rings. The largest absolute Gasteiger partial charge is 0.456 e. The fraction of sp³-hybridized carbons (Fsp3) is 0.917. The van der Waals surface area contributed by atoms with Gasteiger partial charge in [-0.05, 0) is 183 Å². The van der Waals surface area contributed by atoms with Crippen molar-refractivity contribution in [1.82, 2.24) is 16.0 Å². The van der Waals surface area contributed by atoms with E-state index in [0.29, 0.717) is 49.1 Å². The number of Topliss-reactive ketones (excluding diaryl/α,β-unsaturated/α-hetero) is 1. The summed E-state index contributed by atoms with van der Waals surface area (Å²) in [6.07, 6.45) is 6.71. The van der Waals surface area contributed by atoms with Crippen molar-refractivity contribution in [2.24, 2.45) is 94.3 Å². The third-order valence-electron chi connectivity index (χ3n) is 19.2. The van der Waals surface area contributed by atoms with E-state index in [2.05, 4.69) is 22.9 Å². The Balaban J connectivity index is 1.27. The van der Waals surface area contributed by atoms with Crippen molar-refractivity contribution in [1.29, 1.82) is 0 Å². The maximum atomic E-state index is 14.5. The van der Waals surface area contributed by atoms with Gasteiger partial charge >= 0.3 is 5.97 Å². The molecule has 5 aliphatic heterocycles. The number of esters is 1. The molecule has 5 saturated heterocycles. The Morgan fingerprint density at radius 2 is 1.65 bits per heavy atom. The maximum Gasteiger partial charge on any atom is 0.334 e. The number of fused-ring (bicyclic) bond motifs is 9. The summed E-state index contributed by atoms with van der Waals surface area (Å²) in [5.74, 6) is -1.36. The molecular formula is C48H79N5O9. The van der Waals surface area contributed by atoms with E-state index in [0.717, 1.165) is 70.9 Å². The highest BCUT2D eigenvalue weighted by molar-refractivity contribution is 5.88. The second-order valence-electron chi connectivity index (χ2n) is 21.8. The highest BCUT2D eigenvalue weighted by atomic mass is 16.6. The Morgan fingerprint density at radius 1 is 0.871 bits per heavy atom. The minimum atomic E-state index is -1.13. The van der Waals surface area contributed by atoms with Gasteiger partial charge in [-0.3, -0.25) is 4.79 Å². The number of nitrogens with one attached hydrogen (secondary N) is 3. The molecule has 11 N–H and O–H groups in total. The third kappa shape index (κ3) is 7.98. The molecule has 9 fully saturated rings. The minimum absolute atomic E-state index is 0.00382. The summed E-state index contributed by atoms with van der Waals surface area (Å²) in [4.78, 5) is 28.9. The van der Waals surface area contributed by atoms with E-state index in [1.165, 1.54) is 0 Å². The molecule has 4 saturated carbocycles. The van der Waals surface area contributed by atoms with Crippen LogP contribution in [0.3, 0.4) is 0 Å². The number of aliphatic hydroxyl groups is 4. The number of carbonyl (C=O) groups is 2. The number of aliphatic hydroxyl groups excluding tert-OH is 4. The molecule has 4 bridgehead atoms. The number of carbonyl (C=O) groups excluding carboxylic acids is 2. The van der Waals surface area contributed by atoms with Crippen LogP contribution in [-0.4, -0.2) is 127 Å². The number of hydrogen-bond donors (Lipinski definition) is 9. The number of allylic oxidation sites excluding steroid dienone is 1. The standard InChI is InChI=1S/C48H79N5O9/c1-4-23(11-13-51-3)47(59)61-37-19-33-43(58)41-36(57)18-28(21-54)60-45(41)42-39-31-12-14-52-46(50)40(31)30(10-6-24-5-8-27(56)17-32(24)34(39)22-55)29-9-7-25-16-38(49)53-20-26(25)15-35(29)48(37,2)62-44(33)42/h4,24-35,37-46,51-56,58H,5-22,49-50H2,1-3H3. The van der Waals surface area contributed by atoms with Gasteiger partial charge in [0, 0.05) is 30.4 Å². The highest BCUT2D eigenvalue weighted by Gasteiger charge is 2.68. The second kappa shape index (κ2) is 18.6. The van der Waals surface area contributed by atoms with E-state index < -0.39 is 60.0 Å². The number of rotatable bonds is 7. The Bertz CT molecular complexity index is 1640. The van der Waals surface area contributed by atoms with Crippen molar-refractivity contribution in [2.45, 2.75) is 152 Å². The first-order valence-electron chi connectivity index (χ1n) is 24.8. The highest BCUT2D eigenvalue weighted by Crippen LogP contribution is 2.63. The molecule has 23 atom stereocenters. The molecule has 0 spiro atoms. The van der Waals surface area contributed by atoms with E-state index in [1.54, 1.807) is 0 Å². The van der Waals surface area contributed by atoms with Crippen molar-refractivity contribution in [3.05, 3.63) is 11.6 Å². The first kappa shape index (κ1) is 45.6. The second-order valence-corrected chi connectivity index (χ2v) is 21.8. The van der Waals surface area contributed by atoms with Gasteiger partial charge in [-0.2, -0.15) is 0 Å². The van der Waals surface area contributed by atoms with Gasteiger partial charge in [0.1, 0.15) is 17.5 Å². The van der Waals surface area contributed by atoms with E-state index in [9.17, 15) is 30.0 Å². The summed E-state index contributed by atoms with van der Waals surface area (Å²) in [5, 5.41) is 57.2. The molecule has 0 amide bonds. The van der Waals surface area contributed by atoms with Crippen LogP contribution in [-0.2, 0) is 23.8 Å². The van der Waals surface area contributed by atoms with Gasteiger partial charge in [0.25, 0.3) is 0 Å². The van der Waals surface area contributed by atoms with Gasteiger partial charge in [-0.1, -0.05) is 6.08 Å². The monoisotopic (exact) mass is 870 g/mol. The number of piperidine rings is 2. The van der Waals surface area contributed by atoms with E-state index >= 15 is 0 Å². The minimum Gasteiger partial charge on any atom is -0.456 e. The molecule has 0 radical (unpaired) electrons. The van der Waals surface area contributed by atoms with Crippen LogP contribution in [0.15, 0.2) is 11.6 Å². The molecule has 14 heteroatoms. The lowest BCUT2D eigenvalue weighted by molar-refractivity contribution is -0.315. The van der Waals surface area contributed by atoms with Gasteiger partial charge in [-0.15, -0.1) is 0 Å². The van der Waals surface area contributed by atoms with Gasteiger partial charge in [-0.25, -0.2) is 4.79 Å². The fourth-order valence-corrected chi connectivity index (χ4v) is 16.4. The lowest BCUT2D eigenvalue weighted by atomic mass is 9.49. The van der Waals surface area contributed by atoms with Crippen LogP contribution in [0, 0.1) is 82.9 Å². The van der Waals surface area contributed by atoms with E-state index in [-0.39, 0.29) is 91.1 Å². The summed E-state index contributed by atoms with van der Waals surface area (Å²) >= 11 is 0.